The highest BCUT2D eigenvalue weighted by Crippen LogP contribution is 2.32. The Hall–Kier alpha value is -1.45. The summed E-state index contributed by atoms with van der Waals surface area (Å²) in [4.78, 5) is 27.2. The average Bonchev–Trinajstić information content (AvgIpc) is 2.57. The Morgan fingerprint density at radius 1 is 1.06 bits per heavy atom. The first-order chi connectivity index (χ1) is 7.25. The Kier molecular flexibility index (Phi) is 3.86. The van der Waals surface area contributed by atoms with Gasteiger partial charge in [-0.1, -0.05) is 6.08 Å². The summed E-state index contributed by atoms with van der Waals surface area (Å²) in [6, 6.07) is 0. The van der Waals surface area contributed by atoms with Gasteiger partial charge in [0.15, 0.2) is 11.6 Å². The van der Waals surface area contributed by atoms with Crippen LogP contribution < -0.4 is 0 Å². The van der Waals surface area contributed by atoms with Crippen LogP contribution >= 0.6 is 24.8 Å². The number of allylic oxidation sites excluding steroid dienone is 7. The van der Waals surface area contributed by atoms with Crippen LogP contribution in [0.4, 0.5) is 0 Å². The van der Waals surface area contributed by atoms with E-state index < -0.39 is 0 Å². The van der Waals surface area contributed by atoms with Gasteiger partial charge in [-0.2, -0.15) is 0 Å². The van der Waals surface area contributed by atoms with E-state index in [1.807, 2.05) is 0 Å². The Labute approximate surface area is 111 Å². The van der Waals surface area contributed by atoms with Crippen LogP contribution in [0.5, 0.6) is 0 Å². The van der Waals surface area contributed by atoms with Crippen LogP contribution in [0.1, 0.15) is 6.42 Å². The van der Waals surface area contributed by atoms with Crippen molar-refractivity contribution in [2.75, 3.05) is 0 Å². The monoisotopic (exact) mass is 269 g/mol. The Morgan fingerprint density at radius 2 is 1.82 bits per heavy atom. The molecule has 88 valence electrons. The van der Waals surface area contributed by atoms with Crippen LogP contribution in [0.2, 0.25) is 0 Å². The van der Waals surface area contributed by atoms with Gasteiger partial charge in [0.1, 0.15) is 0 Å². The number of halogens is 2. The lowest BCUT2D eigenvalue weighted by Crippen LogP contribution is -2.12. The van der Waals surface area contributed by atoms with E-state index in [0.29, 0.717) is 17.7 Å². The van der Waals surface area contributed by atoms with Crippen molar-refractivity contribution in [1.82, 2.24) is 0 Å². The summed E-state index contributed by atoms with van der Waals surface area (Å²) < 4.78 is 0. The van der Waals surface area contributed by atoms with E-state index in [9.17, 15) is 9.59 Å². The SMILES string of the molecule is Cl.Cl.O=C1C=CC2=NC3=CC=CC(=O)C3=C2C1. The summed E-state index contributed by atoms with van der Waals surface area (Å²) in [6.07, 6.45) is 8.48. The van der Waals surface area contributed by atoms with Crippen LogP contribution in [0, 0.1) is 0 Å². The van der Waals surface area contributed by atoms with Crippen molar-refractivity contribution >= 4 is 42.1 Å². The molecule has 0 aromatic carbocycles. The number of nitrogens with zero attached hydrogens (tertiary/aromatic N) is 1. The number of carbonyl (C=O) groups excluding carboxylic acids is 2. The molecule has 0 N–H and O–H groups in total. The Bertz CT molecular complexity index is 551. The minimum absolute atomic E-state index is 0. The van der Waals surface area contributed by atoms with Gasteiger partial charge in [0, 0.05) is 6.42 Å². The van der Waals surface area contributed by atoms with Crippen molar-refractivity contribution in [3.05, 3.63) is 47.2 Å². The quantitative estimate of drug-likeness (QED) is 0.677. The van der Waals surface area contributed by atoms with Crippen molar-refractivity contribution < 1.29 is 9.59 Å². The number of rotatable bonds is 0. The van der Waals surface area contributed by atoms with Gasteiger partial charge in [-0.3, -0.25) is 9.59 Å². The van der Waals surface area contributed by atoms with E-state index >= 15 is 0 Å². The molecule has 0 unspecified atom stereocenters. The van der Waals surface area contributed by atoms with Gasteiger partial charge in [0.05, 0.1) is 17.0 Å². The fourth-order valence-corrected chi connectivity index (χ4v) is 1.96. The van der Waals surface area contributed by atoms with Gasteiger partial charge >= 0.3 is 0 Å². The molecule has 17 heavy (non-hydrogen) atoms. The van der Waals surface area contributed by atoms with Gasteiger partial charge in [0.25, 0.3) is 0 Å². The summed E-state index contributed by atoms with van der Waals surface area (Å²) in [7, 11) is 0. The highest BCUT2D eigenvalue weighted by atomic mass is 35.5. The molecule has 0 bridgehead atoms. The standard InChI is InChI=1S/C12H7NO2.2ClH/c14-7-4-5-9-8(6-7)12-10(13-9)2-1-3-11(12)15;;/h1-5H,6H2;2*1H. The predicted molar refractivity (Wildman–Crippen MR) is 70.0 cm³/mol. The zero-order chi connectivity index (χ0) is 10.4. The summed E-state index contributed by atoms with van der Waals surface area (Å²) >= 11 is 0. The van der Waals surface area contributed by atoms with Crippen LogP contribution in [-0.2, 0) is 9.59 Å². The van der Waals surface area contributed by atoms with E-state index in [0.717, 1.165) is 11.3 Å². The molecule has 3 rings (SSSR count). The molecule has 0 spiro atoms. The fourth-order valence-electron chi connectivity index (χ4n) is 1.96. The zero-order valence-electron chi connectivity index (χ0n) is 8.67. The maximum Gasteiger partial charge on any atom is 0.188 e. The molecule has 0 radical (unpaired) electrons. The zero-order valence-corrected chi connectivity index (χ0v) is 10.3. The molecule has 5 heteroatoms. The molecule has 0 saturated heterocycles. The average molecular weight is 270 g/mol. The molecule has 0 aromatic heterocycles. The lowest BCUT2D eigenvalue weighted by Gasteiger charge is -2.08. The molecule has 1 aliphatic heterocycles. The molecule has 0 aromatic rings. The van der Waals surface area contributed by atoms with Crippen molar-refractivity contribution in [3.8, 4) is 0 Å². The minimum Gasteiger partial charge on any atom is -0.294 e. The second kappa shape index (κ2) is 4.82. The van der Waals surface area contributed by atoms with Crippen LogP contribution in [0.15, 0.2) is 52.2 Å². The molecule has 0 fully saturated rings. The normalized spacial score (nSPS) is 20.0. The van der Waals surface area contributed by atoms with Crippen LogP contribution in [0.25, 0.3) is 0 Å². The van der Waals surface area contributed by atoms with Crippen molar-refractivity contribution in [2.24, 2.45) is 4.99 Å². The summed E-state index contributed by atoms with van der Waals surface area (Å²) in [5.41, 5.74) is 2.83. The van der Waals surface area contributed by atoms with E-state index in [-0.39, 0.29) is 36.4 Å². The molecule has 1 heterocycles. The first-order valence-electron chi connectivity index (χ1n) is 4.72. The van der Waals surface area contributed by atoms with E-state index in [2.05, 4.69) is 4.99 Å². The highest BCUT2D eigenvalue weighted by molar-refractivity contribution is 6.26. The molecule has 0 amide bonds. The third-order valence-electron chi connectivity index (χ3n) is 2.63. The van der Waals surface area contributed by atoms with Gasteiger partial charge in [0.2, 0.25) is 0 Å². The fraction of sp³-hybridized carbons (Fsp3) is 0.0833. The number of fused-ring (bicyclic) bond motifs is 2. The highest BCUT2D eigenvalue weighted by Gasteiger charge is 2.30. The largest absolute Gasteiger partial charge is 0.294 e. The molecule has 0 saturated carbocycles. The third kappa shape index (κ3) is 2.04. The molecular weight excluding hydrogens is 261 g/mol. The second-order valence-electron chi connectivity index (χ2n) is 3.60. The molecule has 3 nitrogen and oxygen atoms in total. The number of aliphatic imine (C=N–C) groups is 1. The predicted octanol–water partition coefficient (Wildman–Crippen LogP) is 2.13. The van der Waals surface area contributed by atoms with Crippen LogP contribution in [0.3, 0.4) is 0 Å². The van der Waals surface area contributed by atoms with Crippen molar-refractivity contribution in [3.63, 3.8) is 0 Å². The number of ketones is 2. The number of hydrogen-bond donors (Lipinski definition) is 0. The van der Waals surface area contributed by atoms with Crippen molar-refractivity contribution in [1.29, 1.82) is 0 Å². The molecule has 0 atom stereocenters. The maximum absolute atomic E-state index is 11.6. The van der Waals surface area contributed by atoms with Gasteiger partial charge < -0.3 is 0 Å². The first-order valence-corrected chi connectivity index (χ1v) is 4.72. The summed E-state index contributed by atoms with van der Waals surface area (Å²) in [5, 5.41) is 0. The molecule has 2 aliphatic carbocycles. The lowest BCUT2D eigenvalue weighted by atomic mass is 9.91. The van der Waals surface area contributed by atoms with Crippen LogP contribution in [-0.4, -0.2) is 17.3 Å². The van der Waals surface area contributed by atoms with E-state index in [1.54, 1.807) is 18.2 Å². The third-order valence-corrected chi connectivity index (χ3v) is 2.63. The lowest BCUT2D eigenvalue weighted by molar-refractivity contribution is -0.114. The summed E-state index contributed by atoms with van der Waals surface area (Å²) in [5.74, 6) is -0.0237. The summed E-state index contributed by atoms with van der Waals surface area (Å²) in [6.45, 7) is 0. The Balaban J connectivity index is 0.000000722. The molecular formula is C12H9Cl2NO2. The first kappa shape index (κ1) is 13.6. The van der Waals surface area contributed by atoms with Crippen molar-refractivity contribution in [2.45, 2.75) is 6.42 Å². The topological polar surface area (TPSA) is 46.5 Å². The van der Waals surface area contributed by atoms with Gasteiger partial charge in [-0.25, -0.2) is 4.99 Å². The van der Waals surface area contributed by atoms with Gasteiger partial charge in [-0.05, 0) is 29.9 Å². The smallest absolute Gasteiger partial charge is 0.188 e. The van der Waals surface area contributed by atoms with Gasteiger partial charge in [-0.15, -0.1) is 24.8 Å². The maximum atomic E-state index is 11.6. The second-order valence-corrected chi connectivity index (χ2v) is 3.60. The number of carbonyl (C=O) groups is 2. The van der Waals surface area contributed by atoms with E-state index in [1.165, 1.54) is 12.2 Å². The number of hydrogen-bond acceptors (Lipinski definition) is 3. The Morgan fingerprint density at radius 3 is 2.59 bits per heavy atom. The minimum atomic E-state index is -0.0515. The molecule has 3 aliphatic rings. The van der Waals surface area contributed by atoms with E-state index in [4.69, 9.17) is 0 Å².